The topological polar surface area (TPSA) is 73.0 Å². The highest BCUT2D eigenvalue weighted by atomic mass is 19.4. The van der Waals surface area contributed by atoms with Gasteiger partial charge in [0, 0.05) is 49.4 Å². The van der Waals surface area contributed by atoms with Crippen molar-refractivity contribution in [3.63, 3.8) is 0 Å². The van der Waals surface area contributed by atoms with Crippen molar-refractivity contribution in [2.24, 2.45) is 10.7 Å². The van der Waals surface area contributed by atoms with Gasteiger partial charge in [-0.25, -0.2) is 0 Å². The molecule has 37 heavy (non-hydrogen) atoms. The maximum absolute atomic E-state index is 13.2. The van der Waals surface area contributed by atoms with Crippen molar-refractivity contribution in [3.05, 3.63) is 83.8 Å². The van der Waals surface area contributed by atoms with Crippen LogP contribution in [0.4, 0.5) is 18.9 Å². The third kappa shape index (κ3) is 7.18. The molecule has 0 aliphatic carbocycles. The highest BCUT2D eigenvalue weighted by molar-refractivity contribution is 6.10. The molecule has 0 atom stereocenters. The van der Waals surface area contributed by atoms with Crippen molar-refractivity contribution < 1.29 is 22.6 Å². The van der Waals surface area contributed by atoms with Crippen LogP contribution in [0.2, 0.25) is 0 Å². The molecule has 4 rings (SSSR count). The Balaban J connectivity index is 1.47. The zero-order valence-electron chi connectivity index (χ0n) is 20.5. The summed E-state index contributed by atoms with van der Waals surface area (Å²) in [5.74, 6) is 0.626. The molecule has 9 heteroatoms. The fourth-order valence-corrected chi connectivity index (χ4v) is 3.93. The first-order valence-electron chi connectivity index (χ1n) is 12.0. The van der Waals surface area contributed by atoms with Crippen LogP contribution < -0.4 is 10.5 Å². The first kappa shape index (κ1) is 26.4. The van der Waals surface area contributed by atoms with Crippen LogP contribution in [-0.2, 0) is 10.9 Å². The van der Waals surface area contributed by atoms with Crippen LogP contribution >= 0.6 is 0 Å². The van der Waals surface area contributed by atoms with Gasteiger partial charge in [-0.05, 0) is 47.9 Å². The maximum atomic E-state index is 13.2. The molecule has 2 aromatic carbocycles. The highest BCUT2D eigenvalue weighted by Gasteiger charge is 2.30. The van der Waals surface area contributed by atoms with Gasteiger partial charge >= 0.3 is 6.18 Å². The lowest BCUT2D eigenvalue weighted by molar-refractivity contribution is -0.137. The Kier molecular flexibility index (Phi) is 8.58. The first-order chi connectivity index (χ1) is 17.8. The van der Waals surface area contributed by atoms with Gasteiger partial charge in [0.15, 0.2) is 0 Å². The lowest BCUT2D eigenvalue weighted by atomic mass is 10.0. The average Bonchev–Trinajstić information content (AvgIpc) is 2.90. The number of hydrogen-bond acceptors (Lipinski definition) is 6. The van der Waals surface area contributed by atoms with Crippen LogP contribution in [-0.4, -0.2) is 55.6 Å². The normalized spacial score (nSPS) is 15.3. The highest BCUT2D eigenvalue weighted by Crippen LogP contribution is 2.34. The molecule has 0 spiro atoms. The van der Waals surface area contributed by atoms with Crippen LogP contribution in [0.5, 0.6) is 5.75 Å². The van der Waals surface area contributed by atoms with Gasteiger partial charge in [0.05, 0.1) is 30.7 Å². The van der Waals surface area contributed by atoms with Crippen LogP contribution in [0.1, 0.15) is 16.7 Å². The van der Waals surface area contributed by atoms with Crippen molar-refractivity contribution in [2.75, 3.05) is 39.5 Å². The minimum atomic E-state index is -4.41. The number of alkyl halides is 3. The van der Waals surface area contributed by atoms with Gasteiger partial charge in [-0.2, -0.15) is 13.2 Å². The summed E-state index contributed by atoms with van der Waals surface area (Å²) in [5, 5.41) is 0. The van der Waals surface area contributed by atoms with E-state index < -0.39 is 11.7 Å². The summed E-state index contributed by atoms with van der Waals surface area (Å²) >= 11 is 0. The van der Waals surface area contributed by atoms with E-state index in [0.717, 1.165) is 56.1 Å². The van der Waals surface area contributed by atoms with E-state index in [1.165, 1.54) is 12.3 Å². The molecule has 1 aliphatic heterocycles. The van der Waals surface area contributed by atoms with E-state index in [-0.39, 0.29) is 0 Å². The zero-order valence-corrected chi connectivity index (χ0v) is 20.5. The predicted molar refractivity (Wildman–Crippen MR) is 139 cm³/mol. The zero-order chi connectivity index (χ0) is 26.3. The van der Waals surface area contributed by atoms with Crippen molar-refractivity contribution >= 4 is 17.5 Å². The smallest absolute Gasteiger partial charge is 0.416 e. The van der Waals surface area contributed by atoms with Gasteiger partial charge in [-0.15, -0.1) is 0 Å². The molecular weight excluding hydrogens is 481 g/mol. The average molecular weight is 511 g/mol. The summed E-state index contributed by atoms with van der Waals surface area (Å²) in [7, 11) is 0. The quantitative estimate of drug-likeness (QED) is 0.406. The molecule has 194 valence electrons. The van der Waals surface area contributed by atoms with Crippen LogP contribution in [0.25, 0.3) is 16.7 Å². The molecule has 0 saturated carbocycles. The van der Waals surface area contributed by atoms with Crippen LogP contribution in [0, 0.1) is 6.92 Å². The lowest BCUT2D eigenvalue weighted by Crippen LogP contribution is -2.38. The van der Waals surface area contributed by atoms with E-state index in [9.17, 15) is 13.2 Å². The molecule has 1 fully saturated rings. The number of morpholine rings is 1. The van der Waals surface area contributed by atoms with Gasteiger partial charge in [0.1, 0.15) is 12.4 Å². The monoisotopic (exact) mass is 510 g/mol. The molecule has 0 bridgehead atoms. The molecule has 3 aromatic rings. The molecule has 1 aromatic heterocycles. The summed E-state index contributed by atoms with van der Waals surface area (Å²) in [6.45, 7) is 6.49. The Morgan fingerprint density at radius 3 is 2.65 bits per heavy atom. The standard InChI is InChI=1S/C28H29F3N4O2/c1-20-5-6-22(21-3-2-4-25(13-21)28(29,30)31)15-27(20)34-18-24(16-32)23-14-26(19-33-17-23)37-12-9-35-7-10-36-11-8-35/h2-6,13-19H,7-12,32H2,1H3. The van der Waals surface area contributed by atoms with Gasteiger partial charge in [-0.1, -0.05) is 24.3 Å². The molecule has 1 saturated heterocycles. The Bertz CT molecular complexity index is 1270. The fourth-order valence-electron chi connectivity index (χ4n) is 3.93. The van der Waals surface area contributed by atoms with Gasteiger partial charge in [-0.3, -0.25) is 14.9 Å². The number of aromatic nitrogens is 1. The van der Waals surface area contributed by atoms with E-state index in [4.69, 9.17) is 15.2 Å². The number of halogens is 3. The number of allylic oxidation sites excluding steroid dienone is 1. The Morgan fingerprint density at radius 1 is 1.11 bits per heavy atom. The number of ether oxygens (including phenoxy) is 2. The Labute approximate surface area is 214 Å². The van der Waals surface area contributed by atoms with E-state index in [0.29, 0.717) is 34.7 Å². The minimum Gasteiger partial charge on any atom is -0.491 e. The van der Waals surface area contributed by atoms with Crippen molar-refractivity contribution in [2.45, 2.75) is 13.1 Å². The molecule has 0 unspecified atom stereocenters. The summed E-state index contributed by atoms with van der Waals surface area (Å²) in [6.07, 6.45) is 1.97. The second-order valence-corrected chi connectivity index (χ2v) is 8.67. The van der Waals surface area contributed by atoms with E-state index in [1.54, 1.807) is 36.8 Å². The number of nitrogens with two attached hydrogens (primary N) is 1. The second kappa shape index (κ2) is 12.0. The third-order valence-electron chi connectivity index (χ3n) is 6.08. The second-order valence-electron chi connectivity index (χ2n) is 8.67. The summed E-state index contributed by atoms with van der Waals surface area (Å²) in [5.41, 5.74) is 9.17. The number of rotatable bonds is 8. The number of hydrogen-bond donors (Lipinski definition) is 1. The lowest BCUT2D eigenvalue weighted by Gasteiger charge is -2.26. The van der Waals surface area contributed by atoms with E-state index in [1.807, 2.05) is 19.1 Å². The molecule has 1 aliphatic rings. The maximum Gasteiger partial charge on any atom is 0.416 e. The SMILES string of the molecule is Cc1ccc(-c2cccc(C(F)(F)F)c2)cc1N=CC(=CN)c1cncc(OCCN2CCOCC2)c1. The number of benzene rings is 2. The van der Waals surface area contributed by atoms with E-state index in [2.05, 4.69) is 14.9 Å². The fraction of sp³-hybridized carbons (Fsp3) is 0.286. The summed E-state index contributed by atoms with van der Waals surface area (Å²) < 4.78 is 50.7. The Hall–Kier alpha value is -3.69. The Morgan fingerprint density at radius 2 is 1.89 bits per heavy atom. The minimum absolute atomic E-state index is 0.465. The summed E-state index contributed by atoms with van der Waals surface area (Å²) in [4.78, 5) is 11.1. The predicted octanol–water partition coefficient (Wildman–Crippen LogP) is 5.49. The number of pyridine rings is 1. The number of aliphatic imine (C=N–C) groups is 1. The van der Waals surface area contributed by atoms with Gasteiger partial charge in [0.25, 0.3) is 0 Å². The van der Waals surface area contributed by atoms with Crippen LogP contribution in [0.3, 0.4) is 0 Å². The van der Waals surface area contributed by atoms with Crippen LogP contribution in [0.15, 0.2) is 72.1 Å². The van der Waals surface area contributed by atoms with Crippen molar-refractivity contribution in [1.29, 1.82) is 0 Å². The van der Waals surface area contributed by atoms with E-state index >= 15 is 0 Å². The molecule has 0 amide bonds. The van der Waals surface area contributed by atoms with Gasteiger partial charge < -0.3 is 15.2 Å². The van der Waals surface area contributed by atoms with Crippen molar-refractivity contribution in [1.82, 2.24) is 9.88 Å². The number of nitrogens with zero attached hydrogens (tertiary/aromatic N) is 3. The molecular formula is C28H29F3N4O2. The molecule has 2 N–H and O–H groups in total. The third-order valence-corrected chi connectivity index (χ3v) is 6.08. The molecule has 0 radical (unpaired) electrons. The molecule has 2 heterocycles. The van der Waals surface area contributed by atoms with Gasteiger partial charge in [0.2, 0.25) is 0 Å². The van der Waals surface area contributed by atoms with Crippen molar-refractivity contribution in [3.8, 4) is 16.9 Å². The number of aryl methyl sites for hydroxylation is 1. The first-order valence-corrected chi connectivity index (χ1v) is 12.0. The summed E-state index contributed by atoms with van der Waals surface area (Å²) in [6, 6.07) is 12.5. The largest absolute Gasteiger partial charge is 0.491 e. The molecule has 6 nitrogen and oxygen atoms in total.